The third-order valence-electron chi connectivity index (χ3n) is 2.27. The van der Waals surface area contributed by atoms with Crippen LogP contribution >= 0.6 is 11.6 Å². The van der Waals surface area contributed by atoms with Crippen molar-refractivity contribution in [2.75, 3.05) is 0 Å². The van der Waals surface area contributed by atoms with Gasteiger partial charge in [-0.25, -0.2) is 0 Å². The summed E-state index contributed by atoms with van der Waals surface area (Å²) in [5, 5.41) is 10.7. The fourth-order valence-corrected chi connectivity index (χ4v) is 1.95. The summed E-state index contributed by atoms with van der Waals surface area (Å²) in [6.07, 6.45) is 2.04. The SMILES string of the molecule is CCCC(Cl)c1cccc2[nH]nnc12. The molecule has 0 aliphatic carbocycles. The summed E-state index contributed by atoms with van der Waals surface area (Å²) in [6, 6.07) is 5.94. The van der Waals surface area contributed by atoms with Gasteiger partial charge in [-0.3, -0.25) is 5.10 Å². The van der Waals surface area contributed by atoms with Crippen LogP contribution in [0.15, 0.2) is 18.2 Å². The zero-order valence-electron chi connectivity index (χ0n) is 8.00. The van der Waals surface area contributed by atoms with E-state index in [2.05, 4.69) is 22.3 Å². The molecule has 0 fully saturated rings. The van der Waals surface area contributed by atoms with Crippen molar-refractivity contribution in [1.29, 1.82) is 0 Å². The smallest absolute Gasteiger partial charge is 0.117 e. The van der Waals surface area contributed by atoms with Gasteiger partial charge in [0, 0.05) is 0 Å². The molecule has 3 nitrogen and oxygen atoms in total. The minimum atomic E-state index is 0.0359. The summed E-state index contributed by atoms with van der Waals surface area (Å²) in [7, 11) is 0. The van der Waals surface area contributed by atoms with Gasteiger partial charge in [-0.2, -0.15) is 0 Å². The number of hydrogen-bond acceptors (Lipinski definition) is 2. The van der Waals surface area contributed by atoms with Crippen molar-refractivity contribution in [3.63, 3.8) is 0 Å². The second-order valence-electron chi connectivity index (χ2n) is 3.31. The van der Waals surface area contributed by atoms with Crippen molar-refractivity contribution in [1.82, 2.24) is 15.4 Å². The lowest BCUT2D eigenvalue weighted by atomic mass is 10.1. The van der Waals surface area contributed by atoms with E-state index in [0.717, 1.165) is 29.4 Å². The molecule has 0 aliphatic rings. The van der Waals surface area contributed by atoms with Crippen molar-refractivity contribution < 1.29 is 0 Å². The fourth-order valence-electron chi connectivity index (χ4n) is 1.55. The minimum absolute atomic E-state index is 0.0359. The highest BCUT2D eigenvalue weighted by molar-refractivity contribution is 6.21. The van der Waals surface area contributed by atoms with Crippen LogP contribution in [0.2, 0.25) is 0 Å². The monoisotopic (exact) mass is 209 g/mol. The molecule has 1 aromatic carbocycles. The molecular weight excluding hydrogens is 198 g/mol. The van der Waals surface area contributed by atoms with Crippen molar-refractivity contribution >= 4 is 22.6 Å². The maximum absolute atomic E-state index is 6.26. The summed E-state index contributed by atoms with van der Waals surface area (Å²) < 4.78 is 0. The van der Waals surface area contributed by atoms with E-state index in [1.165, 1.54) is 0 Å². The van der Waals surface area contributed by atoms with Crippen molar-refractivity contribution in [2.45, 2.75) is 25.1 Å². The second-order valence-corrected chi connectivity index (χ2v) is 3.84. The van der Waals surface area contributed by atoms with E-state index < -0.39 is 0 Å². The number of aromatic nitrogens is 3. The van der Waals surface area contributed by atoms with E-state index in [1.54, 1.807) is 0 Å². The van der Waals surface area contributed by atoms with Crippen LogP contribution in [0, 0.1) is 0 Å². The Labute approximate surface area is 87.5 Å². The lowest BCUT2D eigenvalue weighted by Crippen LogP contribution is -1.91. The van der Waals surface area contributed by atoms with Gasteiger partial charge in [0.2, 0.25) is 0 Å². The Kier molecular flexibility index (Phi) is 2.68. The topological polar surface area (TPSA) is 41.6 Å². The van der Waals surface area contributed by atoms with E-state index in [1.807, 2.05) is 18.2 Å². The van der Waals surface area contributed by atoms with Crippen molar-refractivity contribution in [3.8, 4) is 0 Å². The van der Waals surface area contributed by atoms with E-state index in [9.17, 15) is 0 Å². The molecule has 0 radical (unpaired) electrons. The molecule has 0 saturated heterocycles. The Bertz CT molecular complexity index is 424. The van der Waals surface area contributed by atoms with Crippen LogP contribution in [0.5, 0.6) is 0 Å². The van der Waals surface area contributed by atoms with Crippen LogP contribution in [-0.2, 0) is 0 Å². The van der Waals surface area contributed by atoms with Crippen LogP contribution in [-0.4, -0.2) is 15.4 Å². The number of nitrogens with zero attached hydrogens (tertiary/aromatic N) is 2. The van der Waals surface area contributed by atoms with Crippen molar-refractivity contribution in [3.05, 3.63) is 23.8 Å². The molecule has 0 aliphatic heterocycles. The summed E-state index contributed by atoms with van der Waals surface area (Å²) >= 11 is 6.26. The van der Waals surface area contributed by atoms with E-state index in [0.29, 0.717) is 0 Å². The lowest BCUT2D eigenvalue weighted by Gasteiger charge is -2.07. The average Bonchev–Trinajstić information content (AvgIpc) is 2.65. The zero-order chi connectivity index (χ0) is 9.97. The molecule has 74 valence electrons. The summed E-state index contributed by atoms with van der Waals surface area (Å²) in [5.74, 6) is 0. The Morgan fingerprint density at radius 3 is 3.14 bits per heavy atom. The first-order valence-corrected chi connectivity index (χ1v) is 5.20. The van der Waals surface area contributed by atoms with Gasteiger partial charge in [-0.05, 0) is 18.1 Å². The van der Waals surface area contributed by atoms with Gasteiger partial charge in [0.15, 0.2) is 0 Å². The van der Waals surface area contributed by atoms with Gasteiger partial charge in [0.25, 0.3) is 0 Å². The third-order valence-corrected chi connectivity index (χ3v) is 2.72. The second kappa shape index (κ2) is 3.96. The Morgan fingerprint density at radius 1 is 1.50 bits per heavy atom. The third kappa shape index (κ3) is 1.60. The maximum Gasteiger partial charge on any atom is 0.117 e. The van der Waals surface area contributed by atoms with E-state index >= 15 is 0 Å². The summed E-state index contributed by atoms with van der Waals surface area (Å²) in [6.45, 7) is 2.12. The van der Waals surface area contributed by atoms with Crippen LogP contribution in [0.25, 0.3) is 11.0 Å². The number of alkyl halides is 1. The Hall–Kier alpha value is -1.09. The van der Waals surface area contributed by atoms with Gasteiger partial charge in [-0.1, -0.05) is 30.7 Å². The largest absolute Gasteiger partial charge is 0.258 e. The molecule has 2 rings (SSSR count). The first-order chi connectivity index (χ1) is 6.83. The Morgan fingerprint density at radius 2 is 2.36 bits per heavy atom. The molecule has 14 heavy (non-hydrogen) atoms. The molecule has 0 spiro atoms. The highest BCUT2D eigenvalue weighted by atomic mass is 35.5. The minimum Gasteiger partial charge on any atom is -0.258 e. The molecule has 1 aromatic heterocycles. The van der Waals surface area contributed by atoms with Gasteiger partial charge < -0.3 is 0 Å². The zero-order valence-corrected chi connectivity index (χ0v) is 8.75. The number of halogens is 1. The molecule has 1 atom stereocenters. The quantitative estimate of drug-likeness (QED) is 0.790. The van der Waals surface area contributed by atoms with Crippen LogP contribution in [0.3, 0.4) is 0 Å². The first kappa shape index (κ1) is 9.46. The number of nitrogens with one attached hydrogen (secondary N) is 1. The predicted octanol–water partition coefficient (Wildman–Crippen LogP) is 3.04. The molecule has 0 saturated carbocycles. The van der Waals surface area contributed by atoms with E-state index in [4.69, 9.17) is 11.6 Å². The molecule has 1 unspecified atom stereocenters. The normalized spacial score (nSPS) is 13.3. The number of hydrogen-bond donors (Lipinski definition) is 1. The highest BCUT2D eigenvalue weighted by Crippen LogP contribution is 2.29. The van der Waals surface area contributed by atoms with Gasteiger partial charge in [-0.15, -0.1) is 16.7 Å². The Balaban J connectivity index is 2.45. The standard InChI is InChI=1S/C10H12ClN3/c1-2-4-8(11)7-5-3-6-9-10(7)13-14-12-9/h3,5-6,8H,2,4H2,1H3,(H,12,13,14). The summed E-state index contributed by atoms with van der Waals surface area (Å²) in [5.41, 5.74) is 2.91. The molecule has 0 bridgehead atoms. The number of H-pyrrole nitrogens is 1. The van der Waals surface area contributed by atoms with E-state index in [-0.39, 0.29) is 5.38 Å². The van der Waals surface area contributed by atoms with Crippen LogP contribution in [0.1, 0.15) is 30.7 Å². The molecule has 0 amide bonds. The molecular formula is C10H12ClN3. The predicted molar refractivity (Wildman–Crippen MR) is 57.4 cm³/mol. The van der Waals surface area contributed by atoms with Gasteiger partial charge >= 0.3 is 0 Å². The lowest BCUT2D eigenvalue weighted by molar-refractivity contribution is 0.772. The van der Waals surface area contributed by atoms with Crippen LogP contribution in [0.4, 0.5) is 0 Å². The first-order valence-electron chi connectivity index (χ1n) is 4.76. The number of aromatic amines is 1. The van der Waals surface area contributed by atoms with Crippen LogP contribution < -0.4 is 0 Å². The number of benzene rings is 1. The number of fused-ring (bicyclic) bond motifs is 1. The molecule has 1 heterocycles. The molecule has 2 aromatic rings. The van der Waals surface area contributed by atoms with Gasteiger partial charge in [0.1, 0.15) is 5.52 Å². The van der Waals surface area contributed by atoms with Crippen molar-refractivity contribution in [2.24, 2.45) is 0 Å². The maximum atomic E-state index is 6.26. The average molecular weight is 210 g/mol. The molecule has 4 heteroatoms. The number of rotatable bonds is 3. The summed E-state index contributed by atoms with van der Waals surface area (Å²) in [4.78, 5) is 0. The molecule has 1 N–H and O–H groups in total. The van der Waals surface area contributed by atoms with Gasteiger partial charge in [0.05, 0.1) is 10.9 Å². The fraction of sp³-hybridized carbons (Fsp3) is 0.400. The highest BCUT2D eigenvalue weighted by Gasteiger charge is 2.12.